The molecule has 0 aliphatic rings. The minimum Gasteiger partial charge on any atom is -0.308 e. The number of nitrogens with one attached hydrogen (secondary N) is 1. The largest absolute Gasteiger partial charge is 0.308 e. The van der Waals surface area contributed by atoms with E-state index in [1.807, 2.05) is 6.92 Å². The molecule has 0 aromatic rings. The Morgan fingerprint density at radius 1 is 1.60 bits per heavy atom. The molecule has 0 spiro atoms. The average Bonchev–Trinajstić information content (AvgIpc) is 1.87. The first kappa shape index (κ1) is 9.56. The van der Waals surface area contributed by atoms with Crippen molar-refractivity contribution in [2.45, 2.75) is 19.8 Å². The molecule has 10 heavy (non-hydrogen) atoms. The maximum Gasteiger partial charge on any atom is 0.250 e. The van der Waals surface area contributed by atoms with Crippen molar-refractivity contribution < 1.29 is 8.78 Å². The number of halogens is 2. The standard InChI is InChI=1S/C7H13F2N/c1-3-6(2)4-10-5-7(8)9/h7,10H,2-5H2,1H3. The highest BCUT2D eigenvalue weighted by atomic mass is 19.3. The van der Waals surface area contributed by atoms with Gasteiger partial charge in [0, 0.05) is 6.54 Å². The van der Waals surface area contributed by atoms with Gasteiger partial charge in [0.05, 0.1) is 6.54 Å². The van der Waals surface area contributed by atoms with Gasteiger partial charge in [0.2, 0.25) is 0 Å². The van der Waals surface area contributed by atoms with Crippen molar-refractivity contribution in [2.75, 3.05) is 13.1 Å². The van der Waals surface area contributed by atoms with E-state index in [0.29, 0.717) is 6.54 Å². The van der Waals surface area contributed by atoms with Crippen molar-refractivity contribution in [2.24, 2.45) is 0 Å². The molecule has 0 heterocycles. The predicted molar refractivity (Wildman–Crippen MR) is 38.3 cm³/mol. The summed E-state index contributed by atoms with van der Waals surface area (Å²) in [4.78, 5) is 0. The van der Waals surface area contributed by atoms with Crippen LogP contribution in [0.3, 0.4) is 0 Å². The van der Waals surface area contributed by atoms with Crippen molar-refractivity contribution in [3.05, 3.63) is 12.2 Å². The summed E-state index contributed by atoms with van der Waals surface area (Å²) in [7, 11) is 0. The predicted octanol–water partition coefficient (Wildman–Crippen LogP) is 1.81. The lowest BCUT2D eigenvalue weighted by Crippen LogP contribution is -2.23. The molecule has 0 unspecified atom stereocenters. The van der Waals surface area contributed by atoms with E-state index in [2.05, 4.69) is 11.9 Å². The molecule has 1 N–H and O–H groups in total. The highest BCUT2D eigenvalue weighted by Crippen LogP contribution is 1.94. The van der Waals surface area contributed by atoms with Crippen LogP contribution in [0, 0.1) is 0 Å². The van der Waals surface area contributed by atoms with Crippen molar-refractivity contribution >= 4 is 0 Å². The lowest BCUT2D eigenvalue weighted by Gasteiger charge is -2.03. The molecule has 0 rings (SSSR count). The highest BCUT2D eigenvalue weighted by molar-refractivity contribution is 4.94. The van der Waals surface area contributed by atoms with E-state index in [9.17, 15) is 8.78 Å². The van der Waals surface area contributed by atoms with E-state index >= 15 is 0 Å². The van der Waals surface area contributed by atoms with Crippen LogP contribution >= 0.6 is 0 Å². The molecule has 0 aromatic heterocycles. The minimum atomic E-state index is -2.26. The molecule has 0 aliphatic carbocycles. The third kappa shape index (κ3) is 5.69. The normalized spacial score (nSPS) is 10.4. The first-order valence-corrected chi connectivity index (χ1v) is 3.32. The van der Waals surface area contributed by atoms with Gasteiger partial charge in [0.25, 0.3) is 6.43 Å². The summed E-state index contributed by atoms with van der Waals surface area (Å²) >= 11 is 0. The SMILES string of the molecule is C=C(CC)CNCC(F)F. The van der Waals surface area contributed by atoms with E-state index in [1.165, 1.54) is 0 Å². The summed E-state index contributed by atoms with van der Waals surface area (Å²) < 4.78 is 23.0. The summed E-state index contributed by atoms with van der Waals surface area (Å²) in [6.45, 7) is 5.88. The molecule has 60 valence electrons. The van der Waals surface area contributed by atoms with Crippen LogP contribution in [0.25, 0.3) is 0 Å². The third-order valence-electron chi connectivity index (χ3n) is 1.17. The Hall–Kier alpha value is -0.440. The van der Waals surface area contributed by atoms with Gasteiger partial charge in [-0.1, -0.05) is 19.1 Å². The Kier molecular flexibility index (Phi) is 5.12. The van der Waals surface area contributed by atoms with Crippen LogP contribution in [0.4, 0.5) is 8.78 Å². The van der Waals surface area contributed by atoms with Gasteiger partial charge < -0.3 is 5.32 Å². The second-order valence-corrected chi connectivity index (χ2v) is 2.13. The molecule has 0 atom stereocenters. The summed E-state index contributed by atoms with van der Waals surface area (Å²) in [5, 5.41) is 2.59. The monoisotopic (exact) mass is 149 g/mol. The Bertz CT molecular complexity index is 102. The summed E-state index contributed by atoms with van der Waals surface area (Å²) in [5.74, 6) is 0. The van der Waals surface area contributed by atoms with Gasteiger partial charge in [0.15, 0.2) is 0 Å². The minimum absolute atomic E-state index is 0.237. The molecule has 1 nitrogen and oxygen atoms in total. The van der Waals surface area contributed by atoms with Crippen LogP contribution in [0.5, 0.6) is 0 Å². The fraction of sp³-hybridized carbons (Fsp3) is 0.714. The second kappa shape index (κ2) is 5.35. The highest BCUT2D eigenvalue weighted by Gasteiger charge is 1.99. The second-order valence-electron chi connectivity index (χ2n) is 2.13. The fourth-order valence-electron chi connectivity index (χ4n) is 0.483. The maximum absolute atomic E-state index is 11.5. The lowest BCUT2D eigenvalue weighted by molar-refractivity contribution is 0.147. The van der Waals surface area contributed by atoms with Crippen molar-refractivity contribution in [1.82, 2.24) is 5.32 Å². The third-order valence-corrected chi connectivity index (χ3v) is 1.17. The zero-order valence-corrected chi connectivity index (χ0v) is 6.16. The van der Waals surface area contributed by atoms with E-state index in [4.69, 9.17) is 0 Å². The van der Waals surface area contributed by atoms with Gasteiger partial charge in [-0.2, -0.15) is 0 Å². The van der Waals surface area contributed by atoms with Gasteiger partial charge in [0.1, 0.15) is 0 Å². The maximum atomic E-state index is 11.5. The lowest BCUT2D eigenvalue weighted by atomic mass is 10.2. The summed E-state index contributed by atoms with van der Waals surface area (Å²) in [6.07, 6.45) is -1.42. The van der Waals surface area contributed by atoms with Gasteiger partial charge in [-0.3, -0.25) is 0 Å². The van der Waals surface area contributed by atoms with Crippen LogP contribution in [-0.2, 0) is 0 Å². The average molecular weight is 149 g/mol. The molecule has 0 saturated carbocycles. The smallest absolute Gasteiger partial charge is 0.250 e. The van der Waals surface area contributed by atoms with E-state index in [0.717, 1.165) is 12.0 Å². The molecule has 3 heteroatoms. The molecule has 0 aliphatic heterocycles. The number of rotatable bonds is 5. The van der Waals surface area contributed by atoms with Gasteiger partial charge in [-0.05, 0) is 6.42 Å². The number of hydrogen-bond acceptors (Lipinski definition) is 1. The van der Waals surface area contributed by atoms with Crippen molar-refractivity contribution in [3.63, 3.8) is 0 Å². The Morgan fingerprint density at radius 2 is 2.20 bits per heavy atom. The fourth-order valence-corrected chi connectivity index (χ4v) is 0.483. The molecular formula is C7H13F2N. The van der Waals surface area contributed by atoms with Crippen molar-refractivity contribution in [1.29, 1.82) is 0 Å². The van der Waals surface area contributed by atoms with Crippen LogP contribution in [0.2, 0.25) is 0 Å². The molecule has 0 saturated heterocycles. The molecule has 0 aromatic carbocycles. The zero-order chi connectivity index (χ0) is 7.98. The van der Waals surface area contributed by atoms with Crippen molar-refractivity contribution in [3.8, 4) is 0 Å². The number of hydrogen-bond donors (Lipinski definition) is 1. The quantitative estimate of drug-likeness (QED) is 0.588. The van der Waals surface area contributed by atoms with Crippen LogP contribution < -0.4 is 5.32 Å². The molecule has 0 radical (unpaired) electrons. The summed E-state index contributed by atoms with van der Waals surface area (Å²) in [6, 6.07) is 0. The van der Waals surface area contributed by atoms with Crippen LogP contribution in [-0.4, -0.2) is 19.5 Å². The van der Waals surface area contributed by atoms with Crippen LogP contribution in [0.1, 0.15) is 13.3 Å². The first-order valence-electron chi connectivity index (χ1n) is 3.32. The topological polar surface area (TPSA) is 12.0 Å². The van der Waals surface area contributed by atoms with Crippen LogP contribution in [0.15, 0.2) is 12.2 Å². The Balaban J connectivity index is 3.12. The molecular weight excluding hydrogens is 136 g/mol. The van der Waals surface area contributed by atoms with Gasteiger partial charge in [-0.25, -0.2) is 8.78 Å². The Morgan fingerprint density at radius 3 is 2.60 bits per heavy atom. The molecule has 0 fully saturated rings. The molecule has 0 bridgehead atoms. The first-order chi connectivity index (χ1) is 4.66. The molecule has 0 amide bonds. The van der Waals surface area contributed by atoms with E-state index < -0.39 is 6.43 Å². The Labute approximate surface area is 60.1 Å². The van der Waals surface area contributed by atoms with Gasteiger partial charge in [-0.15, -0.1) is 0 Å². The summed E-state index contributed by atoms with van der Waals surface area (Å²) in [5.41, 5.74) is 0.959. The zero-order valence-electron chi connectivity index (χ0n) is 6.16. The number of alkyl halides is 2. The van der Waals surface area contributed by atoms with Gasteiger partial charge >= 0.3 is 0 Å². The van der Waals surface area contributed by atoms with E-state index in [-0.39, 0.29) is 6.54 Å². The van der Waals surface area contributed by atoms with E-state index in [1.54, 1.807) is 0 Å².